The number of pyridine rings is 1. The maximum atomic E-state index is 10.7. The second-order valence-electron chi connectivity index (χ2n) is 4.92. The summed E-state index contributed by atoms with van der Waals surface area (Å²) in [6.45, 7) is 7.63. The Bertz CT molecular complexity index is 521. The largest absolute Gasteiger partial charge is 0.545 e. The molecule has 0 radical (unpaired) electrons. The Morgan fingerprint density at radius 2 is 2.06 bits per heavy atom. The first kappa shape index (κ1) is 13.6. The zero-order valence-corrected chi connectivity index (χ0v) is 11.3. The lowest BCUT2D eigenvalue weighted by Gasteiger charge is -2.24. The van der Waals surface area contributed by atoms with Gasteiger partial charge in [0.25, 0.3) is 0 Å². The van der Waals surface area contributed by atoms with Crippen molar-refractivity contribution in [1.82, 2.24) is 4.57 Å². The predicted molar refractivity (Wildman–Crippen MR) is 68.9 cm³/mol. The topological polar surface area (TPSA) is 45.1 Å². The van der Waals surface area contributed by atoms with Gasteiger partial charge in [-0.25, -0.2) is 0 Å². The third-order valence-electron chi connectivity index (χ3n) is 2.39. The fourth-order valence-corrected chi connectivity index (χ4v) is 1.90. The quantitative estimate of drug-likeness (QED) is 0.596. The molecule has 92 valence electrons. The van der Waals surface area contributed by atoms with E-state index in [-0.39, 0.29) is 11.1 Å². The summed E-state index contributed by atoms with van der Waals surface area (Å²) < 4.78 is 2.57. The van der Waals surface area contributed by atoms with E-state index in [4.69, 9.17) is 12.2 Å². The highest BCUT2D eigenvalue weighted by Gasteiger charge is 2.13. The Labute approximate surface area is 106 Å². The van der Waals surface area contributed by atoms with E-state index in [0.29, 0.717) is 4.64 Å². The molecular formula is C13H16NO2S-. The summed E-state index contributed by atoms with van der Waals surface area (Å²) in [5, 5.41) is 10.7. The van der Waals surface area contributed by atoms with Crippen molar-refractivity contribution in [3.8, 4) is 0 Å². The van der Waals surface area contributed by atoms with Gasteiger partial charge in [-0.05, 0) is 45.4 Å². The number of hydrogen-bond acceptors (Lipinski definition) is 3. The number of rotatable bonds is 2. The van der Waals surface area contributed by atoms with Crippen LogP contribution in [0.25, 0.3) is 6.08 Å². The van der Waals surface area contributed by atoms with E-state index in [0.717, 1.165) is 5.56 Å². The van der Waals surface area contributed by atoms with E-state index in [1.807, 2.05) is 37.6 Å². The summed E-state index contributed by atoms with van der Waals surface area (Å²) in [4.78, 5) is 10.7. The maximum absolute atomic E-state index is 10.7. The summed E-state index contributed by atoms with van der Waals surface area (Å²) in [5.41, 5.74) is 0.762. The predicted octanol–water partition coefficient (Wildman–Crippen LogP) is 2.13. The lowest BCUT2D eigenvalue weighted by Crippen LogP contribution is -2.24. The Kier molecular flexibility index (Phi) is 3.88. The number of nitrogens with zero attached hydrogens (tertiary/aromatic N) is 1. The summed E-state index contributed by atoms with van der Waals surface area (Å²) in [6, 6.07) is 3.66. The minimum Gasteiger partial charge on any atom is -0.545 e. The van der Waals surface area contributed by atoms with Gasteiger partial charge in [-0.15, -0.1) is 0 Å². The first-order valence-electron chi connectivity index (χ1n) is 5.35. The number of aliphatic carboxylic acids is 1. The first-order chi connectivity index (χ1) is 7.73. The molecule has 1 aromatic rings. The number of hydrogen-bond donors (Lipinski definition) is 0. The molecule has 0 spiro atoms. The molecule has 0 bridgehead atoms. The average molecular weight is 250 g/mol. The SMILES string of the molecule is C/C(=C/c1cccn(C(C)(C)C)c1=S)C(=O)[O-]. The highest BCUT2D eigenvalue weighted by molar-refractivity contribution is 7.71. The second-order valence-corrected chi connectivity index (χ2v) is 5.31. The summed E-state index contributed by atoms with van der Waals surface area (Å²) in [7, 11) is 0. The van der Waals surface area contributed by atoms with Gasteiger partial charge in [0.05, 0.1) is 5.97 Å². The van der Waals surface area contributed by atoms with E-state index >= 15 is 0 Å². The summed E-state index contributed by atoms with van der Waals surface area (Å²) in [5.74, 6) is -1.18. The molecule has 0 aliphatic heterocycles. The maximum Gasteiger partial charge on any atom is 0.113 e. The number of aromatic nitrogens is 1. The molecule has 0 fully saturated rings. The van der Waals surface area contributed by atoms with Gasteiger partial charge in [0, 0.05) is 17.3 Å². The van der Waals surface area contributed by atoms with Gasteiger partial charge < -0.3 is 14.5 Å². The van der Waals surface area contributed by atoms with Crippen molar-refractivity contribution in [2.75, 3.05) is 0 Å². The number of carboxylic acid groups (broad SMARTS) is 1. The van der Waals surface area contributed by atoms with Gasteiger partial charge in [-0.1, -0.05) is 18.3 Å². The van der Waals surface area contributed by atoms with Crippen LogP contribution in [0.2, 0.25) is 0 Å². The van der Waals surface area contributed by atoms with Crippen molar-refractivity contribution in [2.24, 2.45) is 0 Å². The Hall–Kier alpha value is -1.42. The lowest BCUT2D eigenvalue weighted by atomic mass is 10.1. The minimum absolute atomic E-state index is 0.129. The summed E-state index contributed by atoms with van der Waals surface area (Å²) in [6.07, 6.45) is 3.44. The van der Waals surface area contributed by atoms with Gasteiger partial charge in [0.1, 0.15) is 4.64 Å². The fourth-order valence-electron chi connectivity index (χ4n) is 1.44. The van der Waals surface area contributed by atoms with Gasteiger partial charge in [0.15, 0.2) is 0 Å². The molecule has 0 aliphatic rings. The van der Waals surface area contributed by atoms with Crippen LogP contribution in [0.3, 0.4) is 0 Å². The van der Waals surface area contributed by atoms with Crippen molar-refractivity contribution >= 4 is 24.3 Å². The Morgan fingerprint density at radius 3 is 2.53 bits per heavy atom. The smallest absolute Gasteiger partial charge is 0.113 e. The van der Waals surface area contributed by atoms with Crippen LogP contribution in [0.4, 0.5) is 0 Å². The van der Waals surface area contributed by atoms with Crippen LogP contribution < -0.4 is 5.11 Å². The van der Waals surface area contributed by atoms with E-state index < -0.39 is 5.97 Å². The summed E-state index contributed by atoms with van der Waals surface area (Å²) >= 11 is 5.35. The van der Waals surface area contributed by atoms with Gasteiger partial charge in [-0.3, -0.25) is 0 Å². The highest BCUT2D eigenvalue weighted by atomic mass is 32.1. The molecule has 0 saturated carbocycles. The average Bonchev–Trinajstić information content (AvgIpc) is 2.19. The van der Waals surface area contributed by atoms with E-state index in [1.165, 1.54) is 6.92 Å². The lowest BCUT2D eigenvalue weighted by molar-refractivity contribution is -0.299. The van der Waals surface area contributed by atoms with Crippen LogP contribution in [0.15, 0.2) is 23.9 Å². The highest BCUT2D eigenvalue weighted by Crippen LogP contribution is 2.18. The van der Waals surface area contributed by atoms with Crippen LogP contribution in [0.5, 0.6) is 0 Å². The number of carbonyl (C=O) groups excluding carboxylic acids is 1. The molecular weight excluding hydrogens is 234 g/mol. The third kappa shape index (κ3) is 3.27. The number of carboxylic acids is 1. The normalized spacial score (nSPS) is 12.6. The van der Waals surface area contributed by atoms with Gasteiger partial charge >= 0.3 is 0 Å². The van der Waals surface area contributed by atoms with E-state index in [1.54, 1.807) is 12.1 Å². The van der Waals surface area contributed by atoms with Crippen LogP contribution in [0, 0.1) is 4.64 Å². The van der Waals surface area contributed by atoms with Crippen LogP contribution >= 0.6 is 12.2 Å². The van der Waals surface area contributed by atoms with Crippen molar-refractivity contribution in [2.45, 2.75) is 33.2 Å². The molecule has 0 aromatic carbocycles. The molecule has 1 heterocycles. The minimum atomic E-state index is -1.18. The second kappa shape index (κ2) is 4.84. The zero-order chi connectivity index (χ0) is 13.2. The molecule has 1 rings (SSSR count). The van der Waals surface area contributed by atoms with Crippen LogP contribution in [0.1, 0.15) is 33.3 Å². The molecule has 17 heavy (non-hydrogen) atoms. The molecule has 0 saturated heterocycles. The van der Waals surface area contributed by atoms with Crippen molar-refractivity contribution < 1.29 is 9.90 Å². The van der Waals surface area contributed by atoms with E-state index in [2.05, 4.69) is 0 Å². The third-order valence-corrected chi connectivity index (χ3v) is 2.83. The van der Waals surface area contributed by atoms with Crippen LogP contribution in [-0.2, 0) is 10.3 Å². The van der Waals surface area contributed by atoms with Gasteiger partial charge in [0.2, 0.25) is 0 Å². The molecule has 3 nitrogen and oxygen atoms in total. The molecule has 0 atom stereocenters. The number of carbonyl (C=O) groups is 1. The molecule has 1 aromatic heterocycles. The van der Waals surface area contributed by atoms with Gasteiger partial charge in [-0.2, -0.15) is 0 Å². The zero-order valence-electron chi connectivity index (χ0n) is 10.5. The molecule has 0 N–H and O–H groups in total. The van der Waals surface area contributed by atoms with Crippen molar-refractivity contribution in [1.29, 1.82) is 0 Å². The fraction of sp³-hybridized carbons (Fsp3) is 0.385. The molecule has 0 unspecified atom stereocenters. The standard InChI is InChI=1S/C13H17NO2S/c1-9(12(15)16)8-10-6-5-7-14(11(10)17)13(2,3)4/h5-8H,1-4H3,(H,15,16)/p-1/b9-8-. The first-order valence-corrected chi connectivity index (χ1v) is 5.76. The Morgan fingerprint density at radius 1 is 1.47 bits per heavy atom. The molecule has 0 aliphatic carbocycles. The molecule has 4 heteroatoms. The monoisotopic (exact) mass is 250 g/mol. The molecule has 0 amide bonds. The van der Waals surface area contributed by atoms with Crippen molar-refractivity contribution in [3.63, 3.8) is 0 Å². The Balaban J connectivity index is 3.36. The van der Waals surface area contributed by atoms with Crippen molar-refractivity contribution in [3.05, 3.63) is 34.1 Å². The van der Waals surface area contributed by atoms with E-state index in [9.17, 15) is 9.90 Å². The van der Waals surface area contributed by atoms with Crippen LogP contribution in [-0.4, -0.2) is 10.5 Å².